The molecule has 4 aromatic carbocycles. The molecule has 0 N–H and O–H groups in total. The van der Waals surface area contributed by atoms with Crippen LogP contribution in [0.5, 0.6) is 17.4 Å². The molecule has 1 atom stereocenters. The van der Waals surface area contributed by atoms with E-state index in [1.807, 2.05) is 54.6 Å². The van der Waals surface area contributed by atoms with Gasteiger partial charge >= 0.3 is 0 Å². The molecule has 0 radical (unpaired) electrons. The Balaban J connectivity index is 1.25. The van der Waals surface area contributed by atoms with Gasteiger partial charge in [0.15, 0.2) is 18.1 Å². The minimum Gasteiger partial charge on any atom is -0.497 e. The zero-order valence-corrected chi connectivity index (χ0v) is 21.1. The molecule has 190 valence electrons. The van der Waals surface area contributed by atoms with Crippen LogP contribution in [0.4, 0.5) is 0 Å². The lowest BCUT2D eigenvalue weighted by Crippen LogP contribution is -2.15. The van der Waals surface area contributed by atoms with Crippen molar-refractivity contribution in [3.8, 4) is 17.4 Å². The molecule has 0 spiro atoms. The Morgan fingerprint density at radius 3 is 2.62 bits per heavy atom. The van der Waals surface area contributed by atoms with Crippen molar-refractivity contribution in [2.45, 2.75) is 12.5 Å². The maximum absolute atomic E-state index is 6.47. The van der Waals surface area contributed by atoms with Crippen LogP contribution in [0.15, 0.2) is 102 Å². The summed E-state index contributed by atoms with van der Waals surface area (Å²) in [6.45, 7) is 0.112. The molecular formula is C31H23N5O3. The number of methoxy groups -OCH3 is 1. The number of fused-ring (bicyclic) bond motifs is 6. The first-order chi connectivity index (χ1) is 19.3. The van der Waals surface area contributed by atoms with E-state index in [0.29, 0.717) is 17.4 Å². The van der Waals surface area contributed by atoms with Gasteiger partial charge < -0.3 is 14.3 Å². The van der Waals surface area contributed by atoms with E-state index < -0.39 is 0 Å². The Bertz CT molecular complexity index is 1830. The molecule has 1 aliphatic rings. The van der Waals surface area contributed by atoms with Gasteiger partial charge in [0.05, 0.1) is 18.9 Å². The summed E-state index contributed by atoms with van der Waals surface area (Å²) in [5.41, 5.74) is 4.62. The van der Waals surface area contributed by atoms with Crippen LogP contribution in [0.1, 0.15) is 34.0 Å². The lowest BCUT2D eigenvalue weighted by atomic mass is 9.83. The molecule has 8 nitrogen and oxygen atoms in total. The summed E-state index contributed by atoms with van der Waals surface area (Å²) in [7, 11) is 1.63. The van der Waals surface area contributed by atoms with Gasteiger partial charge in [0, 0.05) is 16.9 Å². The van der Waals surface area contributed by atoms with Crippen LogP contribution in [0.3, 0.4) is 0 Å². The van der Waals surface area contributed by atoms with Crippen LogP contribution in [0.2, 0.25) is 0 Å². The standard InChI is InChI=1S/C31H23N5O3/c1-37-23-14-11-20(12-15-23)17-33-38-18-26-34-30-28-27(22-8-3-2-4-9-22)25-16-13-21-7-5-6-10-24(21)29(25)39-31(28)32-19-36(30)35-26/h2-17,19,27H,18H2,1H3/b33-17+/t27-/m1/s1. The topological polar surface area (TPSA) is 83.1 Å². The molecule has 0 saturated heterocycles. The van der Waals surface area contributed by atoms with Gasteiger partial charge in [-0.15, -0.1) is 5.10 Å². The lowest BCUT2D eigenvalue weighted by Gasteiger charge is -2.28. The van der Waals surface area contributed by atoms with Gasteiger partial charge in [-0.3, -0.25) is 0 Å². The van der Waals surface area contributed by atoms with E-state index in [9.17, 15) is 0 Å². The average molecular weight is 514 g/mol. The summed E-state index contributed by atoms with van der Waals surface area (Å²) >= 11 is 0. The first-order valence-electron chi connectivity index (χ1n) is 12.6. The number of aromatic nitrogens is 4. The van der Waals surface area contributed by atoms with E-state index >= 15 is 0 Å². The van der Waals surface area contributed by atoms with Crippen molar-refractivity contribution < 1.29 is 14.3 Å². The van der Waals surface area contributed by atoms with E-state index in [0.717, 1.165) is 44.5 Å². The Morgan fingerprint density at radius 2 is 1.77 bits per heavy atom. The van der Waals surface area contributed by atoms with Gasteiger partial charge in [-0.25, -0.2) is 14.5 Å². The molecule has 0 amide bonds. The first kappa shape index (κ1) is 22.9. The van der Waals surface area contributed by atoms with Crippen LogP contribution in [0, 0.1) is 0 Å². The molecule has 0 fully saturated rings. The largest absolute Gasteiger partial charge is 0.497 e. The highest BCUT2D eigenvalue weighted by Crippen LogP contribution is 2.50. The van der Waals surface area contributed by atoms with Gasteiger partial charge in [-0.2, -0.15) is 0 Å². The van der Waals surface area contributed by atoms with Crippen LogP contribution >= 0.6 is 0 Å². The summed E-state index contributed by atoms with van der Waals surface area (Å²) in [5, 5.41) is 10.8. The van der Waals surface area contributed by atoms with E-state index in [-0.39, 0.29) is 12.5 Å². The molecule has 0 aliphatic carbocycles. The Hall–Kier alpha value is -5.24. The second kappa shape index (κ2) is 9.57. The molecule has 2 aromatic heterocycles. The van der Waals surface area contributed by atoms with Gasteiger partial charge in [-0.05, 0) is 40.8 Å². The number of benzene rings is 4. The number of rotatable bonds is 6. The van der Waals surface area contributed by atoms with Crippen LogP contribution in [-0.4, -0.2) is 32.9 Å². The minimum absolute atomic E-state index is 0.112. The zero-order chi connectivity index (χ0) is 26.2. The third-order valence-corrected chi connectivity index (χ3v) is 6.86. The second-order valence-electron chi connectivity index (χ2n) is 9.19. The Kier molecular flexibility index (Phi) is 5.62. The van der Waals surface area contributed by atoms with Crippen molar-refractivity contribution in [1.29, 1.82) is 0 Å². The highest BCUT2D eigenvalue weighted by molar-refractivity contribution is 5.91. The monoisotopic (exact) mass is 513 g/mol. The van der Waals surface area contributed by atoms with Crippen molar-refractivity contribution in [2.75, 3.05) is 7.11 Å². The van der Waals surface area contributed by atoms with E-state index in [1.54, 1.807) is 24.2 Å². The minimum atomic E-state index is -0.128. The summed E-state index contributed by atoms with van der Waals surface area (Å²) in [4.78, 5) is 15.0. The molecule has 6 aromatic rings. The van der Waals surface area contributed by atoms with Crippen molar-refractivity contribution in [2.24, 2.45) is 5.16 Å². The molecule has 7 rings (SSSR count). The quantitative estimate of drug-likeness (QED) is 0.197. The fraction of sp³-hybridized carbons (Fsp3) is 0.0968. The maximum Gasteiger partial charge on any atom is 0.228 e. The molecule has 3 heterocycles. The number of nitrogens with zero attached hydrogens (tertiary/aromatic N) is 5. The number of oxime groups is 1. The highest BCUT2D eigenvalue weighted by atomic mass is 16.6. The molecular weight excluding hydrogens is 490 g/mol. The van der Waals surface area contributed by atoms with Gasteiger partial charge in [-0.1, -0.05) is 71.9 Å². The smallest absolute Gasteiger partial charge is 0.228 e. The summed E-state index contributed by atoms with van der Waals surface area (Å²) < 4.78 is 13.3. The molecule has 0 unspecified atom stereocenters. The third-order valence-electron chi connectivity index (χ3n) is 6.86. The predicted octanol–water partition coefficient (Wildman–Crippen LogP) is 6.12. The van der Waals surface area contributed by atoms with E-state index in [1.165, 1.54) is 0 Å². The Morgan fingerprint density at radius 1 is 0.949 bits per heavy atom. The van der Waals surface area contributed by atoms with E-state index in [4.69, 9.17) is 19.3 Å². The maximum atomic E-state index is 6.47. The lowest BCUT2D eigenvalue weighted by molar-refractivity contribution is 0.126. The van der Waals surface area contributed by atoms with Gasteiger partial charge in [0.25, 0.3) is 0 Å². The summed E-state index contributed by atoms with van der Waals surface area (Å²) in [6.07, 6.45) is 3.27. The van der Waals surface area contributed by atoms with Crippen LogP contribution < -0.4 is 9.47 Å². The van der Waals surface area contributed by atoms with Crippen molar-refractivity contribution in [3.05, 3.63) is 125 Å². The molecule has 8 heteroatoms. The average Bonchev–Trinajstić information content (AvgIpc) is 3.42. The fourth-order valence-corrected chi connectivity index (χ4v) is 5.03. The SMILES string of the molecule is COc1ccc(/C=N/OCc2nc3c4c(ncn3n2)Oc2c(ccc3ccccc23)[C@H]4c2ccccc2)cc1. The molecule has 39 heavy (non-hydrogen) atoms. The van der Waals surface area contributed by atoms with Crippen LogP contribution in [-0.2, 0) is 11.4 Å². The molecule has 0 bridgehead atoms. The Labute approximate surface area is 224 Å². The zero-order valence-electron chi connectivity index (χ0n) is 21.1. The first-order valence-corrected chi connectivity index (χ1v) is 12.6. The molecule has 0 saturated carbocycles. The predicted molar refractivity (Wildman–Crippen MR) is 148 cm³/mol. The normalized spacial score (nSPS) is 14.2. The number of hydrogen-bond donors (Lipinski definition) is 0. The van der Waals surface area contributed by atoms with Crippen molar-refractivity contribution in [3.63, 3.8) is 0 Å². The third kappa shape index (κ3) is 4.12. The van der Waals surface area contributed by atoms with Crippen molar-refractivity contribution >= 4 is 22.6 Å². The summed E-state index contributed by atoms with van der Waals surface area (Å²) in [5.74, 6) is 2.50. The summed E-state index contributed by atoms with van der Waals surface area (Å²) in [6, 6.07) is 30.4. The van der Waals surface area contributed by atoms with E-state index in [2.05, 4.69) is 51.6 Å². The number of ether oxygens (including phenoxy) is 2. The fourth-order valence-electron chi connectivity index (χ4n) is 5.03. The van der Waals surface area contributed by atoms with Crippen molar-refractivity contribution in [1.82, 2.24) is 19.6 Å². The molecule has 1 aliphatic heterocycles. The van der Waals surface area contributed by atoms with Gasteiger partial charge in [0.1, 0.15) is 17.8 Å². The van der Waals surface area contributed by atoms with Crippen LogP contribution in [0.25, 0.3) is 16.4 Å². The number of hydrogen-bond acceptors (Lipinski definition) is 7. The highest BCUT2D eigenvalue weighted by Gasteiger charge is 2.34. The second-order valence-corrected chi connectivity index (χ2v) is 9.19. The van der Waals surface area contributed by atoms with Gasteiger partial charge in [0.2, 0.25) is 5.88 Å².